The zero-order valence-electron chi connectivity index (χ0n) is 18.4. The van der Waals surface area contributed by atoms with Gasteiger partial charge in [-0.3, -0.25) is 9.78 Å². The maximum atomic E-state index is 14.7. The highest BCUT2D eigenvalue weighted by Gasteiger charge is 2.30. The molecule has 0 aliphatic heterocycles. The number of benzene rings is 2. The lowest BCUT2D eigenvalue weighted by atomic mass is 10.1. The molecule has 1 fully saturated rings. The molecule has 168 valence electrons. The number of fused-ring (bicyclic) bond motifs is 1. The van der Waals surface area contributed by atoms with E-state index in [9.17, 15) is 9.18 Å². The van der Waals surface area contributed by atoms with Gasteiger partial charge in [-0.1, -0.05) is 18.2 Å². The van der Waals surface area contributed by atoms with Crippen LogP contribution in [0.1, 0.15) is 28.9 Å². The van der Waals surface area contributed by atoms with E-state index in [0.29, 0.717) is 31.2 Å². The molecule has 1 saturated carbocycles. The van der Waals surface area contributed by atoms with Crippen LogP contribution in [0.2, 0.25) is 0 Å². The molecule has 0 spiro atoms. The van der Waals surface area contributed by atoms with Crippen LogP contribution in [-0.4, -0.2) is 46.0 Å². The van der Waals surface area contributed by atoms with Gasteiger partial charge in [-0.15, -0.1) is 0 Å². The van der Waals surface area contributed by atoms with Crippen LogP contribution in [0.5, 0.6) is 5.75 Å². The second-order valence-electron chi connectivity index (χ2n) is 8.40. The van der Waals surface area contributed by atoms with Gasteiger partial charge in [0.15, 0.2) is 5.69 Å². The highest BCUT2D eigenvalue weighted by Crippen LogP contribution is 2.32. The number of carbonyl (C=O) groups excluding carboxylic acids is 1. The Labute approximate surface area is 191 Å². The molecule has 1 N–H and O–H groups in total. The van der Waals surface area contributed by atoms with Gasteiger partial charge in [-0.05, 0) is 55.0 Å². The summed E-state index contributed by atoms with van der Waals surface area (Å²) in [6, 6.07) is 12.5. The van der Waals surface area contributed by atoms with Gasteiger partial charge in [0.1, 0.15) is 17.3 Å². The molecule has 0 bridgehead atoms. The fraction of sp³-hybridized carbons (Fsp3) is 0.269. The highest BCUT2D eigenvalue weighted by molar-refractivity contribution is 5.98. The monoisotopic (exact) mass is 444 g/mol. The molecule has 1 aliphatic rings. The Hall–Kier alpha value is -3.74. The van der Waals surface area contributed by atoms with Gasteiger partial charge in [0.25, 0.3) is 5.91 Å². The number of H-pyrrole nitrogens is 1. The smallest absolute Gasteiger partial charge is 0.274 e. The van der Waals surface area contributed by atoms with E-state index < -0.39 is 5.82 Å². The average Bonchev–Trinajstić information content (AvgIpc) is 3.59. The Bertz CT molecular complexity index is 1300. The lowest BCUT2D eigenvalue weighted by Gasteiger charge is -2.23. The number of aromatic nitrogens is 3. The van der Waals surface area contributed by atoms with Crippen LogP contribution in [0.4, 0.5) is 4.39 Å². The van der Waals surface area contributed by atoms with Crippen molar-refractivity contribution in [2.45, 2.75) is 19.3 Å². The van der Waals surface area contributed by atoms with Crippen LogP contribution in [0, 0.1) is 11.7 Å². The zero-order valence-corrected chi connectivity index (χ0v) is 18.4. The number of hydrogen-bond donors (Lipinski definition) is 1. The molecular formula is C26H25FN4O2. The number of methoxy groups -OCH3 is 1. The largest absolute Gasteiger partial charge is 0.497 e. The minimum Gasteiger partial charge on any atom is -0.497 e. The Morgan fingerprint density at radius 2 is 2.00 bits per heavy atom. The Morgan fingerprint density at radius 3 is 2.82 bits per heavy atom. The van der Waals surface area contributed by atoms with E-state index >= 15 is 0 Å². The molecule has 6 nitrogen and oxygen atoms in total. The molecule has 4 aromatic rings. The third-order valence-corrected chi connectivity index (χ3v) is 6.12. The quantitative estimate of drug-likeness (QED) is 0.421. The number of nitrogens with one attached hydrogen (secondary N) is 1. The molecule has 2 aromatic carbocycles. The van der Waals surface area contributed by atoms with E-state index in [2.05, 4.69) is 21.0 Å². The van der Waals surface area contributed by atoms with Crippen molar-refractivity contribution in [1.29, 1.82) is 0 Å². The minimum atomic E-state index is -0.474. The fourth-order valence-electron chi connectivity index (χ4n) is 4.14. The number of aromatic amines is 1. The number of nitrogens with zero attached hydrogens (tertiary/aromatic N) is 3. The van der Waals surface area contributed by atoms with E-state index in [-0.39, 0.29) is 22.9 Å². The molecule has 5 rings (SSSR count). The highest BCUT2D eigenvalue weighted by atomic mass is 19.1. The second-order valence-corrected chi connectivity index (χ2v) is 8.40. The number of halogens is 1. The van der Waals surface area contributed by atoms with E-state index in [1.54, 1.807) is 6.07 Å². The van der Waals surface area contributed by atoms with Gasteiger partial charge >= 0.3 is 0 Å². The van der Waals surface area contributed by atoms with Gasteiger partial charge < -0.3 is 14.6 Å². The number of rotatable bonds is 8. The summed E-state index contributed by atoms with van der Waals surface area (Å²) in [4.78, 5) is 27.4. The third-order valence-electron chi connectivity index (χ3n) is 6.12. The summed E-state index contributed by atoms with van der Waals surface area (Å²) >= 11 is 0. The lowest BCUT2D eigenvalue weighted by Crippen LogP contribution is -2.35. The van der Waals surface area contributed by atoms with Crippen LogP contribution >= 0.6 is 0 Å². The molecule has 0 atom stereocenters. The zero-order chi connectivity index (χ0) is 22.8. The predicted molar refractivity (Wildman–Crippen MR) is 125 cm³/mol. The third kappa shape index (κ3) is 4.44. The van der Waals surface area contributed by atoms with E-state index in [4.69, 9.17) is 4.74 Å². The molecule has 7 heteroatoms. The van der Waals surface area contributed by atoms with E-state index in [1.165, 1.54) is 31.6 Å². The molecule has 0 radical (unpaired) electrons. The van der Waals surface area contributed by atoms with Crippen LogP contribution < -0.4 is 4.74 Å². The Kier molecular flexibility index (Phi) is 5.77. The maximum absolute atomic E-state index is 14.7. The molecule has 1 amide bonds. The van der Waals surface area contributed by atoms with Crippen LogP contribution in [0.15, 0.2) is 61.1 Å². The molecule has 0 saturated heterocycles. The number of hydrogen-bond acceptors (Lipinski definition) is 4. The van der Waals surface area contributed by atoms with Crippen molar-refractivity contribution in [2.24, 2.45) is 5.92 Å². The van der Waals surface area contributed by atoms with Crippen molar-refractivity contribution in [3.05, 3.63) is 78.1 Å². The number of para-hydroxylation sites is 1. The standard InChI is InChI=1S/C26H25FN4O2/c1-33-19-8-9-22(27)21(14-19)24-25(29-12-11-28-24)26(32)31(16-17-6-7-17)13-10-18-15-30-23-5-3-2-4-20(18)23/h2-5,8-9,11-12,14-15,17,30H,6-7,10,13,16H2,1H3. The van der Waals surface area contributed by atoms with Crippen molar-refractivity contribution < 1.29 is 13.9 Å². The molecule has 1 aliphatic carbocycles. The van der Waals surface area contributed by atoms with Gasteiger partial charge in [-0.25, -0.2) is 9.37 Å². The van der Waals surface area contributed by atoms with Gasteiger partial charge in [0.2, 0.25) is 0 Å². The van der Waals surface area contributed by atoms with Gasteiger partial charge in [0, 0.05) is 48.1 Å². The Balaban J connectivity index is 1.44. The van der Waals surface area contributed by atoms with E-state index in [0.717, 1.165) is 29.3 Å². The maximum Gasteiger partial charge on any atom is 0.274 e. The predicted octanol–water partition coefficient (Wildman–Crippen LogP) is 4.87. The van der Waals surface area contributed by atoms with E-state index in [1.807, 2.05) is 29.3 Å². The molecule has 2 heterocycles. The lowest BCUT2D eigenvalue weighted by molar-refractivity contribution is 0.0744. The second kappa shape index (κ2) is 9.02. The molecule has 2 aromatic heterocycles. The van der Waals surface area contributed by atoms with Crippen molar-refractivity contribution >= 4 is 16.8 Å². The minimum absolute atomic E-state index is 0.157. The first-order valence-corrected chi connectivity index (χ1v) is 11.1. The summed E-state index contributed by atoms with van der Waals surface area (Å²) in [6.45, 7) is 1.21. The van der Waals surface area contributed by atoms with Crippen molar-refractivity contribution in [1.82, 2.24) is 19.9 Å². The van der Waals surface area contributed by atoms with Crippen LogP contribution in [-0.2, 0) is 6.42 Å². The number of amides is 1. The number of ether oxygens (including phenoxy) is 1. The summed E-state index contributed by atoms with van der Waals surface area (Å²) in [5, 5.41) is 1.16. The summed E-state index contributed by atoms with van der Waals surface area (Å²) in [6.07, 6.45) is 7.91. The first-order valence-electron chi connectivity index (χ1n) is 11.1. The summed E-state index contributed by atoms with van der Waals surface area (Å²) in [5.74, 6) is 0.292. The summed E-state index contributed by atoms with van der Waals surface area (Å²) < 4.78 is 19.9. The SMILES string of the molecule is COc1ccc(F)c(-c2nccnc2C(=O)N(CCc2c[nH]c3ccccc23)CC2CC2)c1. The summed E-state index contributed by atoms with van der Waals surface area (Å²) in [5.41, 5.74) is 2.83. The average molecular weight is 445 g/mol. The summed E-state index contributed by atoms with van der Waals surface area (Å²) in [7, 11) is 1.52. The molecule has 0 unspecified atom stereocenters. The first-order chi connectivity index (χ1) is 16.1. The van der Waals surface area contributed by atoms with Crippen molar-refractivity contribution in [2.75, 3.05) is 20.2 Å². The van der Waals surface area contributed by atoms with Gasteiger partial charge in [0.05, 0.1) is 7.11 Å². The fourth-order valence-corrected chi connectivity index (χ4v) is 4.14. The first kappa shape index (κ1) is 21.1. The van der Waals surface area contributed by atoms with Crippen molar-refractivity contribution in [3.8, 4) is 17.0 Å². The molecule has 33 heavy (non-hydrogen) atoms. The normalized spacial score (nSPS) is 13.3. The topological polar surface area (TPSA) is 71.1 Å². The van der Waals surface area contributed by atoms with Gasteiger partial charge in [-0.2, -0.15) is 0 Å². The van der Waals surface area contributed by atoms with Crippen LogP contribution in [0.25, 0.3) is 22.2 Å². The van der Waals surface area contributed by atoms with Crippen LogP contribution in [0.3, 0.4) is 0 Å². The molecular weight excluding hydrogens is 419 g/mol. The number of carbonyl (C=O) groups is 1. The van der Waals surface area contributed by atoms with Crippen molar-refractivity contribution in [3.63, 3.8) is 0 Å². The Morgan fingerprint density at radius 1 is 1.18 bits per heavy atom.